The van der Waals surface area contributed by atoms with Gasteiger partial charge < -0.3 is 4.90 Å². The predicted molar refractivity (Wildman–Crippen MR) is 113 cm³/mol. The third kappa shape index (κ3) is 3.25. The van der Waals surface area contributed by atoms with Gasteiger partial charge in [-0.3, -0.25) is 14.6 Å². The van der Waals surface area contributed by atoms with Gasteiger partial charge in [0, 0.05) is 29.1 Å². The Morgan fingerprint density at radius 3 is 2.61 bits per heavy atom. The number of para-hydroxylation sites is 2. The molecule has 2 aromatic carbocycles. The third-order valence-corrected chi connectivity index (χ3v) is 6.00. The van der Waals surface area contributed by atoms with Gasteiger partial charge in [-0.05, 0) is 42.2 Å². The van der Waals surface area contributed by atoms with E-state index in [2.05, 4.69) is 6.92 Å². The standard InChI is InChI=1S/C22H20Cl2N2O2/c1-12-9-18-21(20(28)10-12)22(15-8-7-14(23)11-16(15)24)26(13(2)27)19-6-4-3-5-17(19)25-18/h3-8,11-12,21-22H,9-10H2,1-2H3. The summed E-state index contributed by atoms with van der Waals surface area (Å²) in [6.07, 6.45) is 1.19. The molecular formula is C22H20Cl2N2O2. The van der Waals surface area contributed by atoms with E-state index in [4.69, 9.17) is 28.2 Å². The van der Waals surface area contributed by atoms with Crippen molar-refractivity contribution in [2.75, 3.05) is 4.90 Å². The monoisotopic (exact) mass is 414 g/mol. The lowest BCUT2D eigenvalue weighted by Crippen LogP contribution is -2.45. The third-order valence-electron chi connectivity index (χ3n) is 5.43. The number of anilines is 1. The summed E-state index contributed by atoms with van der Waals surface area (Å²) in [6, 6.07) is 12.2. The highest BCUT2D eigenvalue weighted by Gasteiger charge is 2.45. The van der Waals surface area contributed by atoms with Crippen LogP contribution in [0.4, 0.5) is 11.4 Å². The SMILES string of the molecule is CC(=O)N1c2ccccc2N=C2CC(C)CC(=O)C2C1c1ccc(Cl)cc1Cl. The molecule has 0 spiro atoms. The van der Waals surface area contributed by atoms with E-state index in [1.807, 2.05) is 30.3 Å². The Hall–Kier alpha value is -2.17. The van der Waals surface area contributed by atoms with Crippen molar-refractivity contribution >= 4 is 52.0 Å². The Balaban J connectivity index is 2.00. The maximum absolute atomic E-state index is 13.2. The Labute approximate surface area is 174 Å². The lowest BCUT2D eigenvalue weighted by Gasteiger charge is -2.38. The van der Waals surface area contributed by atoms with E-state index in [1.54, 1.807) is 17.0 Å². The Bertz CT molecular complexity index is 1000. The highest BCUT2D eigenvalue weighted by Crippen LogP contribution is 2.47. The molecule has 1 amide bonds. The highest BCUT2D eigenvalue weighted by molar-refractivity contribution is 6.35. The number of halogens is 2. The maximum Gasteiger partial charge on any atom is 0.224 e. The van der Waals surface area contributed by atoms with Crippen LogP contribution in [0.3, 0.4) is 0 Å². The molecule has 2 aromatic rings. The van der Waals surface area contributed by atoms with Gasteiger partial charge >= 0.3 is 0 Å². The van der Waals surface area contributed by atoms with Crippen molar-refractivity contribution in [2.24, 2.45) is 16.8 Å². The minimum atomic E-state index is -0.551. The van der Waals surface area contributed by atoms with Gasteiger partial charge in [-0.25, -0.2) is 0 Å². The number of Topliss-reactive ketones (excluding diaryl/α,β-unsaturated/α-hetero) is 1. The second-order valence-electron chi connectivity index (χ2n) is 7.55. The van der Waals surface area contributed by atoms with E-state index < -0.39 is 12.0 Å². The number of carbonyl (C=O) groups is 2. The zero-order valence-electron chi connectivity index (χ0n) is 15.7. The van der Waals surface area contributed by atoms with Crippen molar-refractivity contribution in [1.82, 2.24) is 0 Å². The Kier molecular flexibility index (Phi) is 5.02. The van der Waals surface area contributed by atoms with Crippen LogP contribution in [0.2, 0.25) is 10.0 Å². The molecule has 144 valence electrons. The van der Waals surface area contributed by atoms with Crippen LogP contribution < -0.4 is 4.90 Å². The molecule has 1 saturated carbocycles. The van der Waals surface area contributed by atoms with Gasteiger partial charge in [0.1, 0.15) is 5.78 Å². The molecule has 1 fully saturated rings. The first-order chi connectivity index (χ1) is 13.4. The number of hydrogen-bond donors (Lipinski definition) is 0. The van der Waals surface area contributed by atoms with Crippen molar-refractivity contribution in [3.8, 4) is 0 Å². The maximum atomic E-state index is 13.2. The van der Waals surface area contributed by atoms with E-state index in [1.165, 1.54) is 6.92 Å². The van der Waals surface area contributed by atoms with Crippen molar-refractivity contribution in [1.29, 1.82) is 0 Å². The van der Waals surface area contributed by atoms with Crippen LogP contribution in [0.5, 0.6) is 0 Å². The van der Waals surface area contributed by atoms with Crippen LogP contribution in [-0.2, 0) is 9.59 Å². The summed E-state index contributed by atoms with van der Waals surface area (Å²) in [6.45, 7) is 3.56. The lowest BCUT2D eigenvalue weighted by molar-refractivity contribution is -0.123. The zero-order valence-corrected chi connectivity index (χ0v) is 17.2. The van der Waals surface area contributed by atoms with Crippen LogP contribution in [0.1, 0.15) is 38.3 Å². The molecule has 0 aromatic heterocycles. The van der Waals surface area contributed by atoms with Crippen LogP contribution in [0, 0.1) is 11.8 Å². The summed E-state index contributed by atoms with van der Waals surface area (Å²) < 4.78 is 0. The number of hydrogen-bond acceptors (Lipinski definition) is 3. The highest BCUT2D eigenvalue weighted by atomic mass is 35.5. The molecule has 0 bridgehead atoms. The first-order valence-electron chi connectivity index (χ1n) is 9.30. The number of benzene rings is 2. The second kappa shape index (κ2) is 7.34. The Morgan fingerprint density at radius 1 is 1.14 bits per heavy atom. The van der Waals surface area contributed by atoms with E-state index in [-0.39, 0.29) is 17.6 Å². The molecule has 2 aliphatic rings. The van der Waals surface area contributed by atoms with Crippen LogP contribution in [0.25, 0.3) is 0 Å². The van der Waals surface area contributed by atoms with Gasteiger partial charge in [-0.15, -0.1) is 0 Å². The number of rotatable bonds is 1. The topological polar surface area (TPSA) is 49.7 Å². The minimum absolute atomic E-state index is 0.0903. The smallest absolute Gasteiger partial charge is 0.224 e. The number of fused-ring (bicyclic) bond motifs is 2. The normalized spacial score (nSPS) is 24.1. The van der Waals surface area contributed by atoms with Gasteiger partial charge in [-0.2, -0.15) is 0 Å². The second-order valence-corrected chi connectivity index (χ2v) is 8.39. The fraction of sp³-hybridized carbons (Fsp3) is 0.318. The Morgan fingerprint density at radius 2 is 1.89 bits per heavy atom. The predicted octanol–water partition coefficient (Wildman–Crippen LogP) is 5.79. The number of amides is 1. The molecule has 4 rings (SSSR count). The fourth-order valence-electron chi connectivity index (χ4n) is 4.33. The number of carbonyl (C=O) groups excluding carboxylic acids is 2. The molecule has 0 saturated heterocycles. The van der Waals surface area contributed by atoms with Gasteiger partial charge in [-0.1, -0.05) is 48.3 Å². The van der Waals surface area contributed by atoms with E-state index in [9.17, 15) is 9.59 Å². The molecule has 3 unspecified atom stereocenters. The van der Waals surface area contributed by atoms with Crippen molar-refractivity contribution in [3.05, 3.63) is 58.1 Å². The molecule has 1 aliphatic carbocycles. The van der Waals surface area contributed by atoms with Gasteiger partial charge in [0.05, 0.1) is 23.3 Å². The van der Waals surface area contributed by atoms with Crippen molar-refractivity contribution in [2.45, 2.75) is 32.7 Å². The van der Waals surface area contributed by atoms with E-state index in [0.29, 0.717) is 33.4 Å². The summed E-state index contributed by atoms with van der Waals surface area (Å²) in [5, 5.41) is 0.948. The molecule has 4 nitrogen and oxygen atoms in total. The summed E-state index contributed by atoms with van der Waals surface area (Å²) in [4.78, 5) is 32.5. The van der Waals surface area contributed by atoms with Gasteiger partial charge in [0.2, 0.25) is 5.91 Å². The van der Waals surface area contributed by atoms with E-state index in [0.717, 1.165) is 12.1 Å². The summed E-state index contributed by atoms with van der Waals surface area (Å²) in [7, 11) is 0. The lowest BCUT2D eigenvalue weighted by atomic mass is 9.74. The molecule has 0 radical (unpaired) electrons. The molecular weight excluding hydrogens is 395 g/mol. The minimum Gasteiger partial charge on any atom is -0.302 e. The molecule has 3 atom stereocenters. The summed E-state index contributed by atoms with van der Waals surface area (Å²) in [5.41, 5.74) is 2.91. The summed E-state index contributed by atoms with van der Waals surface area (Å²) in [5.74, 6) is -0.370. The first kappa shape index (κ1) is 19.2. The van der Waals surface area contributed by atoms with Gasteiger partial charge in [0.15, 0.2) is 0 Å². The number of nitrogens with zero attached hydrogens (tertiary/aromatic N) is 2. The van der Waals surface area contributed by atoms with Crippen LogP contribution >= 0.6 is 23.2 Å². The largest absolute Gasteiger partial charge is 0.302 e. The van der Waals surface area contributed by atoms with Crippen molar-refractivity contribution in [3.63, 3.8) is 0 Å². The first-order valence-corrected chi connectivity index (χ1v) is 10.1. The van der Waals surface area contributed by atoms with Crippen LogP contribution in [0.15, 0.2) is 47.5 Å². The molecule has 1 heterocycles. The zero-order chi connectivity index (χ0) is 20.0. The van der Waals surface area contributed by atoms with Gasteiger partial charge in [0.25, 0.3) is 0 Å². The van der Waals surface area contributed by atoms with E-state index >= 15 is 0 Å². The molecule has 6 heteroatoms. The molecule has 0 N–H and O–H groups in total. The average Bonchev–Trinajstić information content (AvgIpc) is 2.75. The fourth-order valence-corrected chi connectivity index (χ4v) is 4.85. The number of ketones is 1. The quantitative estimate of drug-likeness (QED) is 0.592. The van der Waals surface area contributed by atoms with Crippen molar-refractivity contribution < 1.29 is 9.59 Å². The number of aliphatic imine (C=N–C) groups is 1. The molecule has 28 heavy (non-hydrogen) atoms. The summed E-state index contributed by atoms with van der Waals surface area (Å²) >= 11 is 12.6. The van der Waals surface area contributed by atoms with Crippen LogP contribution in [-0.4, -0.2) is 17.4 Å². The molecule has 1 aliphatic heterocycles. The average molecular weight is 415 g/mol.